The first kappa shape index (κ1) is 15.1. The summed E-state index contributed by atoms with van der Waals surface area (Å²) in [5.41, 5.74) is -0.458. The van der Waals surface area contributed by atoms with Crippen LogP contribution in [0.15, 0.2) is 0 Å². The van der Waals surface area contributed by atoms with Gasteiger partial charge in [-0.05, 0) is 55.8 Å². The second-order valence-electron chi connectivity index (χ2n) is 7.13. The van der Waals surface area contributed by atoms with E-state index in [-0.39, 0.29) is 5.41 Å². The number of ether oxygens (including phenoxy) is 1. The third-order valence-electron chi connectivity index (χ3n) is 5.30. The SMILES string of the molecule is FC(F)C(F)(F)COC12C[C@@H]3C[C@@H](CC(CBr)(C3)C1)C2. The summed E-state index contributed by atoms with van der Waals surface area (Å²) in [6.07, 6.45) is 1.98. The summed E-state index contributed by atoms with van der Waals surface area (Å²) in [6.45, 7) is -1.15. The summed E-state index contributed by atoms with van der Waals surface area (Å²) < 4.78 is 56.2. The molecule has 0 heterocycles. The van der Waals surface area contributed by atoms with Gasteiger partial charge >= 0.3 is 12.3 Å². The maximum Gasteiger partial charge on any atom is 0.330 e. The Morgan fingerprint density at radius 1 is 1.15 bits per heavy atom. The minimum absolute atomic E-state index is 0.129. The van der Waals surface area contributed by atoms with Gasteiger partial charge in [0.15, 0.2) is 0 Å². The fourth-order valence-corrected chi connectivity index (χ4v) is 5.66. The highest BCUT2D eigenvalue weighted by Gasteiger charge is 2.58. The Morgan fingerprint density at radius 3 is 2.25 bits per heavy atom. The molecule has 1 nitrogen and oxygen atoms in total. The van der Waals surface area contributed by atoms with Gasteiger partial charge in [-0.3, -0.25) is 0 Å². The molecule has 20 heavy (non-hydrogen) atoms. The zero-order valence-corrected chi connectivity index (χ0v) is 12.8. The molecule has 4 saturated carbocycles. The Kier molecular flexibility index (Phi) is 3.64. The van der Waals surface area contributed by atoms with Crippen LogP contribution >= 0.6 is 15.9 Å². The predicted molar refractivity (Wildman–Crippen MR) is 70.5 cm³/mol. The zero-order chi connectivity index (χ0) is 14.6. The molecule has 0 spiro atoms. The summed E-state index contributed by atoms with van der Waals surface area (Å²) >= 11 is 3.55. The Morgan fingerprint density at radius 2 is 1.75 bits per heavy atom. The molecule has 0 aromatic carbocycles. The van der Waals surface area contributed by atoms with E-state index in [4.69, 9.17) is 4.74 Å². The molecule has 4 fully saturated rings. The van der Waals surface area contributed by atoms with Crippen molar-refractivity contribution >= 4 is 15.9 Å². The molecule has 0 aromatic heterocycles. The molecule has 0 amide bonds. The van der Waals surface area contributed by atoms with Gasteiger partial charge in [-0.1, -0.05) is 15.9 Å². The molecule has 4 aliphatic carbocycles. The summed E-state index contributed by atoms with van der Waals surface area (Å²) in [6, 6.07) is 0. The van der Waals surface area contributed by atoms with E-state index in [1.807, 2.05) is 0 Å². The van der Waals surface area contributed by atoms with E-state index in [0.717, 1.165) is 43.9 Å². The smallest absolute Gasteiger partial charge is 0.330 e. The molecule has 2 unspecified atom stereocenters. The molecular formula is C14H19BrF4O. The summed E-state index contributed by atoms with van der Waals surface area (Å²) in [5.74, 6) is -3.02. The van der Waals surface area contributed by atoms with E-state index in [1.165, 1.54) is 0 Å². The molecule has 4 atom stereocenters. The van der Waals surface area contributed by atoms with Crippen molar-refractivity contribution in [1.82, 2.24) is 0 Å². The van der Waals surface area contributed by atoms with Gasteiger partial charge in [0.05, 0.1) is 5.60 Å². The van der Waals surface area contributed by atoms with E-state index >= 15 is 0 Å². The average Bonchev–Trinajstić information content (AvgIpc) is 2.35. The fourth-order valence-electron chi connectivity index (χ4n) is 5.00. The van der Waals surface area contributed by atoms with Gasteiger partial charge in [0.2, 0.25) is 0 Å². The molecular weight excluding hydrogens is 340 g/mol. The maximum atomic E-state index is 13.1. The van der Waals surface area contributed by atoms with Crippen molar-refractivity contribution in [2.24, 2.45) is 17.3 Å². The van der Waals surface area contributed by atoms with Crippen LogP contribution in [0.1, 0.15) is 38.5 Å². The Balaban J connectivity index is 1.73. The lowest BCUT2D eigenvalue weighted by Gasteiger charge is -2.61. The highest BCUT2D eigenvalue weighted by atomic mass is 79.9. The molecule has 0 aliphatic heterocycles. The Bertz CT molecular complexity index is 373. The predicted octanol–water partition coefficient (Wildman–Crippen LogP) is 4.64. The first-order valence-electron chi connectivity index (χ1n) is 7.14. The summed E-state index contributed by atoms with van der Waals surface area (Å²) in [4.78, 5) is 0. The van der Waals surface area contributed by atoms with Crippen molar-refractivity contribution in [2.75, 3.05) is 11.9 Å². The number of halogens is 5. The maximum absolute atomic E-state index is 13.1. The fraction of sp³-hybridized carbons (Fsp3) is 1.00. The Labute approximate surface area is 124 Å². The normalized spacial score (nSPS) is 43.5. The minimum atomic E-state index is -4.04. The van der Waals surface area contributed by atoms with Gasteiger partial charge in [-0.15, -0.1) is 0 Å². The van der Waals surface area contributed by atoms with Gasteiger partial charge in [-0.2, -0.15) is 8.78 Å². The second kappa shape index (κ2) is 4.83. The highest BCUT2D eigenvalue weighted by molar-refractivity contribution is 9.09. The molecule has 6 heteroatoms. The van der Waals surface area contributed by atoms with Crippen LogP contribution in [0.25, 0.3) is 0 Å². The van der Waals surface area contributed by atoms with E-state index in [1.54, 1.807) is 0 Å². The van der Waals surface area contributed by atoms with Crippen LogP contribution in [0.5, 0.6) is 0 Å². The van der Waals surface area contributed by atoms with E-state index < -0.39 is 24.6 Å². The van der Waals surface area contributed by atoms with Crippen molar-refractivity contribution in [3.05, 3.63) is 0 Å². The largest absolute Gasteiger partial charge is 0.368 e. The number of rotatable bonds is 5. The van der Waals surface area contributed by atoms with Crippen molar-refractivity contribution in [2.45, 2.75) is 56.5 Å². The average molecular weight is 359 g/mol. The van der Waals surface area contributed by atoms with Gasteiger partial charge in [0, 0.05) is 5.33 Å². The molecule has 0 N–H and O–H groups in total. The first-order valence-corrected chi connectivity index (χ1v) is 8.26. The van der Waals surface area contributed by atoms with Crippen LogP contribution in [0.4, 0.5) is 17.6 Å². The van der Waals surface area contributed by atoms with Gasteiger partial charge in [0.25, 0.3) is 0 Å². The van der Waals surface area contributed by atoms with Crippen LogP contribution in [-0.4, -0.2) is 29.9 Å². The van der Waals surface area contributed by atoms with Gasteiger partial charge < -0.3 is 4.74 Å². The zero-order valence-electron chi connectivity index (χ0n) is 11.2. The molecule has 4 aliphatic rings. The quantitative estimate of drug-likeness (QED) is 0.514. The monoisotopic (exact) mass is 358 g/mol. The molecule has 0 saturated heterocycles. The van der Waals surface area contributed by atoms with Gasteiger partial charge in [0.1, 0.15) is 6.61 Å². The van der Waals surface area contributed by atoms with E-state index in [0.29, 0.717) is 11.8 Å². The summed E-state index contributed by atoms with van der Waals surface area (Å²) in [7, 11) is 0. The van der Waals surface area contributed by atoms with Crippen molar-refractivity contribution < 1.29 is 22.3 Å². The van der Waals surface area contributed by atoms with E-state index in [2.05, 4.69) is 15.9 Å². The molecule has 4 bridgehead atoms. The van der Waals surface area contributed by atoms with Crippen molar-refractivity contribution in [3.63, 3.8) is 0 Å². The lowest BCUT2D eigenvalue weighted by molar-refractivity contribution is -0.238. The third-order valence-corrected chi connectivity index (χ3v) is 6.49. The van der Waals surface area contributed by atoms with Crippen LogP contribution in [-0.2, 0) is 4.74 Å². The van der Waals surface area contributed by atoms with Crippen LogP contribution < -0.4 is 0 Å². The van der Waals surface area contributed by atoms with Crippen LogP contribution in [0.2, 0.25) is 0 Å². The number of hydrogen-bond donors (Lipinski definition) is 0. The molecule has 0 radical (unpaired) electrons. The van der Waals surface area contributed by atoms with E-state index in [9.17, 15) is 17.6 Å². The van der Waals surface area contributed by atoms with Crippen molar-refractivity contribution in [1.29, 1.82) is 0 Å². The molecule has 0 aromatic rings. The van der Waals surface area contributed by atoms with Gasteiger partial charge in [-0.25, -0.2) is 8.78 Å². The molecule has 116 valence electrons. The second-order valence-corrected chi connectivity index (χ2v) is 7.69. The summed E-state index contributed by atoms with van der Waals surface area (Å²) in [5, 5.41) is 0.851. The molecule has 4 rings (SSSR count). The van der Waals surface area contributed by atoms with Crippen LogP contribution in [0.3, 0.4) is 0 Å². The lowest BCUT2D eigenvalue weighted by Crippen LogP contribution is -2.58. The first-order chi connectivity index (χ1) is 9.28. The minimum Gasteiger partial charge on any atom is -0.368 e. The highest BCUT2D eigenvalue weighted by Crippen LogP contribution is 2.63. The third kappa shape index (κ3) is 2.51. The number of alkyl halides is 5. The topological polar surface area (TPSA) is 9.23 Å². The van der Waals surface area contributed by atoms with Crippen molar-refractivity contribution in [3.8, 4) is 0 Å². The van der Waals surface area contributed by atoms with Crippen LogP contribution in [0, 0.1) is 17.3 Å². The number of hydrogen-bond acceptors (Lipinski definition) is 1. The Hall–Kier alpha value is 0.160. The lowest BCUT2D eigenvalue weighted by atomic mass is 9.48. The standard InChI is InChI=1S/C14H19BrF4O/c15-7-12-2-9-1-10(3-12)5-13(4-9,6-12)20-8-14(18,19)11(16)17/h9-11H,1-8H2/t9-,10+,12?,13?.